The lowest BCUT2D eigenvalue weighted by Gasteiger charge is -2.26. The van der Waals surface area contributed by atoms with E-state index in [0.717, 1.165) is 72.0 Å². The fraction of sp³-hybridized carbons (Fsp3) is 0.556. The summed E-state index contributed by atoms with van der Waals surface area (Å²) in [5.74, 6) is 0.757. The third-order valence-corrected chi connectivity index (χ3v) is 7.39. The lowest BCUT2D eigenvalue weighted by atomic mass is 10.0. The number of ether oxygens (including phenoxy) is 2. The van der Waals surface area contributed by atoms with Crippen molar-refractivity contribution in [1.82, 2.24) is 24.8 Å². The van der Waals surface area contributed by atoms with E-state index in [-0.39, 0.29) is 18.0 Å². The van der Waals surface area contributed by atoms with Crippen molar-refractivity contribution in [1.29, 1.82) is 0 Å². The molecular formula is C27H37ClN6O3. The molecule has 1 aliphatic rings. The number of methoxy groups -OCH3 is 1. The number of carbonyl (C=O) groups excluding carboxylic acids is 1. The number of halogens is 1. The van der Waals surface area contributed by atoms with Gasteiger partial charge >= 0.3 is 5.97 Å². The van der Waals surface area contributed by atoms with Crippen LogP contribution in [0, 0.1) is 13.8 Å². The molecule has 0 bridgehead atoms. The lowest BCUT2D eigenvalue weighted by molar-refractivity contribution is -0.155. The van der Waals surface area contributed by atoms with Crippen molar-refractivity contribution in [2.24, 2.45) is 0 Å². The van der Waals surface area contributed by atoms with Crippen LogP contribution in [0.25, 0.3) is 11.0 Å². The summed E-state index contributed by atoms with van der Waals surface area (Å²) in [6.45, 7) is 8.85. The van der Waals surface area contributed by atoms with E-state index in [1.165, 1.54) is 0 Å². The maximum Gasteiger partial charge on any atom is 0.326 e. The highest BCUT2D eigenvalue weighted by Crippen LogP contribution is 2.30. The highest BCUT2D eigenvalue weighted by atomic mass is 35.5. The molecule has 3 aromatic rings. The second kappa shape index (κ2) is 11.2. The van der Waals surface area contributed by atoms with E-state index in [0.29, 0.717) is 23.9 Å². The SMILES string of the molecule is COc1c(C)cnc(Cn2cc(CCCNC(C)(C)C(=O)OC3CCCC3)c3c(Cl)nc(N)nc32)c1C. The number of nitrogens with zero attached hydrogens (tertiary/aromatic N) is 4. The molecule has 3 aromatic heterocycles. The van der Waals surface area contributed by atoms with Gasteiger partial charge in [0.15, 0.2) is 0 Å². The summed E-state index contributed by atoms with van der Waals surface area (Å²) in [5.41, 5.74) is 9.72. The van der Waals surface area contributed by atoms with Crippen molar-refractivity contribution in [3.05, 3.63) is 39.9 Å². The molecule has 4 rings (SSSR count). The number of nitrogens with one attached hydrogen (secondary N) is 1. The number of rotatable bonds is 10. The molecule has 0 atom stereocenters. The highest BCUT2D eigenvalue weighted by molar-refractivity contribution is 6.34. The van der Waals surface area contributed by atoms with Crippen LogP contribution in [-0.4, -0.2) is 50.8 Å². The third kappa shape index (κ3) is 5.99. The van der Waals surface area contributed by atoms with Gasteiger partial charge < -0.3 is 25.1 Å². The predicted octanol–water partition coefficient (Wildman–Crippen LogP) is 4.52. The number of pyridine rings is 1. The van der Waals surface area contributed by atoms with Gasteiger partial charge in [0.25, 0.3) is 0 Å². The Morgan fingerprint density at radius 1 is 1.27 bits per heavy atom. The van der Waals surface area contributed by atoms with Crippen LogP contribution in [0.1, 0.15) is 68.3 Å². The van der Waals surface area contributed by atoms with Crippen LogP contribution in [0.4, 0.5) is 5.95 Å². The van der Waals surface area contributed by atoms with Gasteiger partial charge in [-0.15, -0.1) is 0 Å². The zero-order valence-electron chi connectivity index (χ0n) is 22.4. The number of fused-ring (bicyclic) bond motifs is 1. The van der Waals surface area contributed by atoms with Crippen LogP contribution < -0.4 is 15.8 Å². The second-order valence-corrected chi connectivity index (χ2v) is 10.7. The maximum absolute atomic E-state index is 12.7. The number of hydrogen-bond donors (Lipinski definition) is 2. The van der Waals surface area contributed by atoms with E-state index in [2.05, 4.69) is 20.3 Å². The Labute approximate surface area is 223 Å². The zero-order chi connectivity index (χ0) is 26.7. The number of nitrogen functional groups attached to an aromatic ring is 1. The molecule has 0 unspecified atom stereocenters. The summed E-state index contributed by atoms with van der Waals surface area (Å²) in [6.07, 6.45) is 9.60. The molecule has 0 aliphatic heterocycles. The number of anilines is 1. The predicted molar refractivity (Wildman–Crippen MR) is 145 cm³/mol. The van der Waals surface area contributed by atoms with E-state index in [1.807, 2.05) is 44.7 Å². The summed E-state index contributed by atoms with van der Waals surface area (Å²) >= 11 is 6.53. The van der Waals surface area contributed by atoms with Gasteiger partial charge in [-0.25, -0.2) is 4.98 Å². The van der Waals surface area contributed by atoms with Crippen LogP contribution >= 0.6 is 11.6 Å². The van der Waals surface area contributed by atoms with E-state index in [1.54, 1.807) is 7.11 Å². The summed E-state index contributed by atoms with van der Waals surface area (Å²) < 4.78 is 13.3. The zero-order valence-corrected chi connectivity index (χ0v) is 23.1. The van der Waals surface area contributed by atoms with Gasteiger partial charge in [0.2, 0.25) is 5.95 Å². The average Bonchev–Trinajstić information content (AvgIpc) is 3.47. The summed E-state index contributed by atoms with van der Waals surface area (Å²) in [5, 5.41) is 4.47. The average molecular weight is 529 g/mol. The summed E-state index contributed by atoms with van der Waals surface area (Å²) in [6, 6.07) is 0. The summed E-state index contributed by atoms with van der Waals surface area (Å²) in [7, 11) is 1.67. The number of aromatic nitrogens is 4. The number of carbonyl (C=O) groups is 1. The molecular weight excluding hydrogens is 492 g/mol. The second-order valence-electron chi connectivity index (χ2n) is 10.4. The Morgan fingerprint density at radius 2 is 2.00 bits per heavy atom. The third-order valence-electron chi connectivity index (χ3n) is 7.11. The van der Waals surface area contributed by atoms with Crippen LogP contribution in [0.3, 0.4) is 0 Å². The van der Waals surface area contributed by atoms with Gasteiger partial charge in [0.05, 0.1) is 24.7 Å². The Hall–Kier alpha value is -2.91. The maximum atomic E-state index is 12.7. The Kier molecular flexibility index (Phi) is 8.23. The van der Waals surface area contributed by atoms with E-state index in [4.69, 9.17) is 26.8 Å². The fourth-order valence-electron chi connectivity index (χ4n) is 4.99. The standard InChI is InChI=1S/C27H37ClN6O3/c1-16-13-30-20(17(2)22(16)36-5)15-34-14-18(21-23(28)32-26(29)33-24(21)34)9-8-12-31-27(3,4)25(35)37-19-10-6-7-11-19/h13-14,19,31H,6-12,15H2,1-5H3,(H2,29,32,33). The molecule has 1 aliphatic carbocycles. The molecule has 0 aromatic carbocycles. The van der Waals surface area contributed by atoms with Crippen molar-refractivity contribution in [3.63, 3.8) is 0 Å². The Bertz CT molecular complexity index is 1280. The largest absolute Gasteiger partial charge is 0.496 e. The van der Waals surface area contributed by atoms with Crippen LogP contribution in [0.15, 0.2) is 12.4 Å². The molecule has 3 heterocycles. The fourth-order valence-corrected chi connectivity index (χ4v) is 5.29. The molecule has 10 heteroatoms. The molecule has 1 saturated carbocycles. The number of nitrogens with two attached hydrogens (primary N) is 1. The van der Waals surface area contributed by atoms with Gasteiger partial charge in [-0.3, -0.25) is 9.78 Å². The number of aryl methyl sites for hydroxylation is 2. The number of esters is 1. The molecule has 200 valence electrons. The minimum absolute atomic E-state index is 0.0564. The Morgan fingerprint density at radius 3 is 2.70 bits per heavy atom. The molecule has 0 spiro atoms. The monoisotopic (exact) mass is 528 g/mol. The first-order chi connectivity index (χ1) is 17.6. The van der Waals surface area contributed by atoms with Crippen LogP contribution in [0.2, 0.25) is 5.15 Å². The summed E-state index contributed by atoms with van der Waals surface area (Å²) in [4.78, 5) is 26.0. The quantitative estimate of drug-likeness (QED) is 0.224. The van der Waals surface area contributed by atoms with Gasteiger partial charge in [-0.1, -0.05) is 11.6 Å². The van der Waals surface area contributed by atoms with Crippen molar-refractivity contribution < 1.29 is 14.3 Å². The van der Waals surface area contributed by atoms with Crippen molar-refractivity contribution in [3.8, 4) is 5.75 Å². The minimum atomic E-state index is -0.751. The first-order valence-corrected chi connectivity index (χ1v) is 13.2. The first-order valence-electron chi connectivity index (χ1n) is 12.9. The van der Waals surface area contributed by atoms with Crippen LogP contribution in [-0.2, 0) is 22.5 Å². The molecule has 3 N–H and O–H groups in total. The molecule has 1 fully saturated rings. The van der Waals surface area contributed by atoms with Crippen molar-refractivity contribution in [2.45, 2.75) is 84.4 Å². The number of hydrogen-bond acceptors (Lipinski definition) is 8. The topological polar surface area (TPSA) is 117 Å². The Balaban J connectivity index is 1.48. The van der Waals surface area contributed by atoms with E-state index < -0.39 is 5.54 Å². The van der Waals surface area contributed by atoms with Crippen LogP contribution in [0.5, 0.6) is 5.75 Å². The van der Waals surface area contributed by atoms with E-state index in [9.17, 15) is 4.79 Å². The molecule has 37 heavy (non-hydrogen) atoms. The van der Waals surface area contributed by atoms with E-state index >= 15 is 0 Å². The highest BCUT2D eigenvalue weighted by Gasteiger charge is 2.31. The van der Waals surface area contributed by atoms with Gasteiger partial charge in [-0.2, -0.15) is 4.98 Å². The van der Waals surface area contributed by atoms with Gasteiger partial charge in [0.1, 0.15) is 28.2 Å². The molecule has 0 amide bonds. The van der Waals surface area contributed by atoms with Crippen molar-refractivity contribution in [2.75, 3.05) is 19.4 Å². The molecule has 9 nitrogen and oxygen atoms in total. The molecule has 0 radical (unpaired) electrons. The minimum Gasteiger partial charge on any atom is -0.496 e. The normalized spacial score (nSPS) is 14.4. The molecule has 0 saturated heterocycles. The lowest BCUT2D eigenvalue weighted by Crippen LogP contribution is -2.49. The smallest absolute Gasteiger partial charge is 0.326 e. The van der Waals surface area contributed by atoms with Crippen molar-refractivity contribution >= 4 is 34.6 Å². The van der Waals surface area contributed by atoms with Gasteiger partial charge in [0, 0.05) is 23.5 Å². The first kappa shape index (κ1) is 27.1. The van der Waals surface area contributed by atoms with Gasteiger partial charge in [-0.05, 0) is 78.3 Å².